The van der Waals surface area contributed by atoms with Gasteiger partial charge in [-0.25, -0.2) is 0 Å². The summed E-state index contributed by atoms with van der Waals surface area (Å²) >= 11 is 2.84. The molecule has 0 atom stereocenters. The second-order valence-electron chi connectivity index (χ2n) is 6.05. The highest BCUT2D eigenvalue weighted by atomic mass is 32.2. The lowest BCUT2D eigenvalue weighted by Gasteiger charge is -2.07. The SMILES string of the molecule is Cc1ccc(OCC(=O)Nc2nnc(SCc3ccc(C#N)cc3)s2)cc1C. The topological polar surface area (TPSA) is 87.9 Å². The number of amides is 1. The van der Waals surface area contributed by atoms with Gasteiger partial charge in [0.1, 0.15) is 5.75 Å². The molecule has 0 aliphatic carbocycles. The summed E-state index contributed by atoms with van der Waals surface area (Å²) in [6.45, 7) is 3.94. The van der Waals surface area contributed by atoms with E-state index in [9.17, 15) is 4.79 Å². The third-order valence-corrected chi connectivity index (χ3v) is 5.99. The van der Waals surface area contributed by atoms with Gasteiger partial charge in [-0.3, -0.25) is 10.1 Å². The van der Waals surface area contributed by atoms with Crippen molar-refractivity contribution in [3.8, 4) is 11.8 Å². The van der Waals surface area contributed by atoms with Crippen LogP contribution in [0.5, 0.6) is 5.75 Å². The van der Waals surface area contributed by atoms with Crippen LogP contribution in [0, 0.1) is 25.2 Å². The summed E-state index contributed by atoms with van der Waals surface area (Å²) < 4.78 is 6.28. The number of nitriles is 1. The van der Waals surface area contributed by atoms with Gasteiger partial charge in [-0.15, -0.1) is 10.2 Å². The Morgan fingerprint density at radius 2 is 1.96 bits per heavy atom. The van der Waals surface area contributed by atoms with Crippen molar-refractivity contribution >= 4 is 34.1 Å². The van der Waals surface area contributed by atoms with Crippen molar-refractivity contribution in [2.24, 2.45) is 0 Å². The zero-order chi connectivity index (χ0) is 19.9. The molecule has 1 amide bonds. The van der Waals surface area contributed by atoms with E-state index in [1.807, 2.05) is 44.2 Å². The van der Waals surface area contributed by atoms with Gasteiger partial charge in [0.15, 0.2) is 10.9 Å². The number of ether oxygens (including phenoxy) is 1. The molecule has 28 heavy (non-hydrogen) atoms. The van der Waals surface area contributed by atoms with E-state index < -0.39 is 0 Å². The van der Waals surface area contributed by atoms with Gasteiger partial charge in [0, 0.05) is 5.75 Å². The summed E-state index contributed by atoms with van der Waals surface area (Å²) in [5.41, 5.74) is 4.02. The van der Waals surface area contributed by atoms with Crippen LogP contribution in [-0.4, -0.2) is 22.7 Å². The smallest absolute Gasteiger partial charge is 0.264 e. The summed E-state index contributed by atoms with van der Waals surface area (Å²) in [4.78, 5) is 12.1. The third-order valence-electron chi connectivity index (χ3n) is 3.95. The lowest BCUT2D eigenvalue weighted by Crippen LogP contribution is -2.20. The van der Waals surface area contributed by atoms with Crippen LogP contribution in [0.25, 0.3) is 0 Å². The predicted octanol–water partition coefficient (Wildman–Crippen LogP) is 4.34. The van der Waals surface area contributed by atoms with Crippen molar-refractivity contribution in [2.75, 3.05) is 11.9 Å². The minimum absolute atomic E-state index is 0.0875. The molecule has 6 nitrogen and oxygen atoms in total. The molecule has 0 bridgehead atoms. The van der Waals surface area contributed by atoms with Gasteiger partial charge in [-0.2, -0.15) is 5.26 Å². The summed E-state index contributed by atoms with van der Waals surface area (Å²) in [6.07, 6.45) is 0. The zero-order valence-electron chi connectivity index (χ0n) is 15.4. The fraction of sp³-hybridized carbons (Fsp3) is 0.200. The Hall–Kier alpha value is -2.89. The van der Waals surface area contributed by atoms with Crippen LogP contribution in [0.4, 0.5) is 5.13 Å². The molecule has 1 N–H and O–H groups in total. The van der Waals surface area contributed by atoms with Gasteiger partial charge in [0.05, 0.1) is 11.6 Å². The summed E-state index contributed by atoms with van der Waals surface area (Å²) in [5.74, 6) is 1.09. The van der Waals surface area contributed by atoms with Crippen LogP contribution >= 0.6 is 23.1 Å². The maximum atomic E-state index is 12.1. The third kappa shape index (κ3) is 5.55. The summed E-state index contributed by atoms with van der Waals surface area (Å²) in [5, 5.41) is 20.0. The normalized spacial score (nSPS) is 10.3. The Morgan fingerprint density at radius 3 is 2.68 bits per heavy atom. The lowest BCUT2D eigenvalue weighted by molar-refractivity contribution is -0.118. The molecule has 8 heteroatoms. The highest BCUT2D eigenvalue weighted by Crippen LogP contribution is 2.28. The van der Waals surface area contributed by atoms with Crippen LogP contribution in [0.15, 0.2) is 46.8 Å². The molecule has 1 aromatic heterocycles. The molecule has 0 saturated heterocycles. The maximum absolute atomic E-state index is 12.1. The molecule has 0 unspecified atom stereocenters. The van der Waals surface area contributed by atoms with Gasteiger partial charge in [0.25, 0.3) is 5.91 Å². The van der Waals surface area contributed by atoms with Crippen LogP contribution in [-0.2, 0) is 10.5 Å². The Bertz CT molecular complexity index is 1010. The number of nitrogens with one attached hydrogen (secondary N) is 1. The molecule has 2 aromatic carbocycles. The Balaban J connectivity index is 1.47. The number of rotatable bonds is 7. The van der Waals surface area contributed by atoms with Crippen molar-refractivity contribution in [3.05, 3.63) is 64.7 Å². The molecule has 0 aliphatic heterocycles. The predicted molar refractivity (Wildman–Crippen MR) is 111 cm³/mol. The quantitative estimate of drug-likeness (QED) is 0.461. The van der Waals surface area contributed by atoms with Crippen molar-refractivity contribution in [1.82, 2.24) is 10.2 Å². The first kappa shape index (κ1) is 19.9. The van der Waals surface area contributed by atoms with Crippen molar-refractivity contribution in [3.63, 3.8) is 0 Å². The van der Waals surface area contributed by atoms with Crippen molar-refractivity contribution in [2.45, 2.75) is 23.9 Å². The Kier molecular flexibility index (Phi) is 6.63. The number of aromatic nitrogens is 2. The second-order valence-corrected chi connectivity index (χ2v) is 8.25. The second kappa shape index (κ2) is 9.35. The van der Waals surface area contributed by atoms with E-state index in [0.717, 1.165) is 15.5 Å². The molecule has 0 aliphatic rings. The standard InChI is InChI=1S/C20H18N4O2S2/c1-13-3-8-17(9-14(13)2)26-11-18(25)22-19-23-24-20(28-19)27-12-16-6-4-15(10-21)5-7-16/h3-9H,11-12H2,1-2H3,(H,22,23,25). The molecule has 0 radical (unpaired) electrons. The van der Waals surface area contributed by atoms with Gasteiger partial charge in [-0.05, 0) is 54.8 Å². The number of carbonyl (C=O) groups excluding carboxylic acids is 1. The number of hydrogen-bond acceptors (Lipinski definition) is 7. The van der Waals surface area contributed by atoms with Crippen molar-refractivity contribution < 1.29 is 9.53 Å². The number of carbonyl (C=O) groups is 1. The van der Waals surface area contributed by atoms with E-state index in [0.29, 0.717) is 22.2 Å². The van der Waals surface area contributed by atoms with Crippen LogP contribution in [0.2, 0.25) is 0 Å². The molecule has 0 fully saturated rings. The molecular weight excluding hydrogens is 392 g/mol. The van der Waals surface area contributed by atoms with E-state index in [1.54, 1.807) is 12.1 Å². The molecule has 1 heterocycles. The van der Waals surface area contributed by atoms with E-state index in [1.165, 1.54) is 28.7 Å². The number of nitrogens with zero attached hydrogens (tertiary/aromatic N) is 3. The minimum Gasteiger partial charge on any atom is -0.484 e. The lowest BCUT2D eigenvalue weighted by atomic mass is 10.1. The van der Waals surface area contributed by atoms with Crippen LogP contribution < -0.4 is 10.1 Å². The van der Waals surface area contributed by atoms with Gasteiger partial charge in [0.2, 0.25) is 5.13 Å². The van der Waals surface area contributed by atoms with E-state index >= 15 is 0 Å². The maximum Gasteiger partial charge on any atom is 0.264 e. The monoisotopic (exact) mass is 410 g/mol. The first-order valence-corrected chi connectivity index (χ1v) is 10.3. The molecule has 3 rings (SSSR count). The summed E-state index contributed by atoms with van der Waals surface area (Å²) in [6, 6.07) is 15.2. The highest BCUT2D eigenvalue weighted by Gasteiger charge is 2.10. The van der Waals surface area contributed by atoms with Gasteiger partial charge in [-0.1, -0.05) is 41.3 Å². The number of hydrogen-bond donors (Lipinski definition) is 1. The number of anilines is 1. The zero-order valence-corrected chi connectivity index (χ0v) is 17.1. The number of aryl methyl sites for hydroxylation is 2. The van der Waals surface area contributed by atoms with E-state index in [2.05, 4.69) is 21.6 Å². The molecular formula is C20H18N4O2S2. The minimum atomic E-state index is -0.280. The molecule has 3 aromatic rings. The fourth-order valence-electron chi connectivity index (χ4n) is 2.25. The van der Waals surface area contributed by atoms with Gasteiger partial charge < -0.3 is 4.74 Å². The largest absolute Gasteiger partial charge is 0.484 e. The van der Waals surface area contributed by atoms with Crippen molar-refractivity contribution in [1.29, 1.82) is 5.26 Å². The van der Waals surface area contributed by atoms with E-state index in [-0.39, 0.29) is 12.5 Å². The number of thioether (sulfide) groups is 1. The van der Waals surface area contributed by atoms with Gasteiger partial charge >= 0.3 is 0 Å². The van der Waals surface area contributed by atoms with E-state index in [4.69, 9.17) is 10.00 Å². The molecule has 142 valence electrons. The summed E-state index contributed by atoms with van der Waals surface area (Å²) in [7, 11) is 0. The molecule has 0 saturated carbocycles. The highest BCUT2D eigenvalue weighted by molar-refractivity contribution is 8.00. The number of benzene rings is 2. The Labute approximate surface area is 171 Å². The molecule has 0 spiro atoms. The van der Waals surface area contributed by atoms with Crippen LogP contribution in [0.1, 0.15) is 22.3 Å². The van der Waals surface area contributed by atoms with Crippen LogP contribution in [0.3, 0.4) is 0 Å². The average Bonchev–Trinajstić information content (AvgIpc) is 3.15. The first-order chi connectivity index (χ1) is 13.5. The first-order valence-electron chi connectivity index (χ1n) is 8.49. The average molecular weight is 411 g/mol. The fourth-order valence-corrected chi connectivity index (χ4v) is 3.97. The Morgan fingerprint density at radius 1 is 1.18 bits per heavy atom.